The summed E-state index contributed by atoms with van der Waals surface area (Å²) in [7, 11) is 1.53. The predicted octanol–water partition coefficient (Wildman–Crippen LogP) is 2.89. The molecule has 0 fully saturated rings. The van der Waals surface area contributed by atoms with E-state index in [1.165, 1.54) is 25.3 Å². The molecule has 6 heteroatoms. The zero-order valence-corrected chi connectivity index (χ0v) is 11.4. The lowest BCUT2D eigenvalue weighted by molar-refractivity contribution is 0.102. The molecule has 1 amide bonds. The second kappa shape index (κ2) is 5.71. The van der Waals surface area contributed by atoms with E-state index >= 15 is 0 Å². The van der Waals surface area contributed by atoms with Gasteiger partial charge in [0.2, 0.25) is 0 Å². The van der Waals surface area contributed by atoms with Crippen molar-refractivity contribution < 1.29 is 14.6 Å². The Bertz CT molecular complexity index is 659. The van der Waals surface area contributed by atoms with Crippen molar-refractivity contribution in [1.29, 1.82) is 0 Å². The summed E-state index contributed by atoms with van der Waals surface area (Å²) < 4.78 is 5.03. The molecule has 0 bridgehead atoms. The van der Waals surface area contributed by atoms with E-state index in [9.17, 15) is 9.90 Å². The van der Waals surface area contributed by atoms with Gasteiger partial charge >= 0.3 is 0 Å². The SMILES string of the molecule is COc1ccc(NC(=O)c2ccc(O)c(Cl)c2)c(N)c1. The van der Waals surface area contributed by atoms with Gasteiger partial charge in [0.05, 0.1) is 23.5 Å². The van der Waals surface area contributed by atoms with Gasteiger partial charge in [0.1, 0.15) is 11.5 Å². The molecule has 0 aliphatic carbocycles. The fourth-order valence-corrected chi connectivity index (χ4v) is 1.80. The van der Waals surface area contributed by atoms with Crippen molar-refractivity contribution in [3.8, 4) is 11.5 Å². The Hall–Kier alpha value is -2.40. The molecule has 20 heavy (non-hydrogen) atoms. The van der Waals surface area contributed by atoms with Crippen molar-refractivity contribution >= 4 is 28.9 Å². The van der Waals surface area contributed by atoms with Crippen LogP contribution in [0.4, 0.5) is 11.4 Å². The number of carbonyl (C=O) groups is 1. The van der Waals surface area contributed by atoms with Crippen LogP contribution in [0.1, 0.15) is 10.4 Å². The second-order valence-corrected chi connectivity index (χ2v) is 4.48. The summed E-state index contributed by atoms with van der Waals surface area (Å²) in [5.74, 6) is 0.157. The third-order valence-electron chi connectivity index (χ3n) is 2.72. The van der Waals surface area contributed by atoms with E-state index in [1.54, 1.807) is 18.2 Å². The molecule has 104 valence electrons. The van der Waals surface area contributed by atoms with Gasteiger partial charge in [-0.05, 0) is 30.3 Å². The minimum atomic E-state index is -0.372. The maximum atomic E-state index is 12.0. The molecule has 0 aromatic heterocycles. The molecule has 0 aliphatic rings. The van der Waals surface area contributed by atoms with Gasteiger partial charge in [-0.3, -0.25) is 4.79 Å². The van der Waals surface area contributed by atoms with Gasteiger partial charge in [-0.15, -0.1) is 0 Å². The molecular formula is C14H13ClN2O3. The zero-order valence-electron chi connectivity index (χ0n) is 10.7. The second-order valence-electron chi connectivity index (χ2n) is 4.07. The number of halogens is 1. The summed E-state index contributed by atoms with van der Waals surface area (Å²) in [6.07, 6.45) is 0. The highest BCUT2D eigenvalue weighted by molar-refractivity contribution is 6.32. The third-order valence-corrected chi connectivity index (χ3v) is 3.02. The summed E-state index contributed by atoms with van der Waals surface area (Å²) in [6, 6.07) is 9.15. The number of phenolic OH excluding ortho intramolecular Hbond substituents is 1. The summed E-state index contributed by atoms with van der Waals surface area (Å²) in [6.45, 7) is 0. The average Bonchev–Trinajstić information content (AvgIpc) is 2.43. The maximum absolute atomic E-state index is 12.0. The summed E-state index contributed by atoms with van der Waals surface area (Å²) in [4.78, 5) is 12.0. The number of nitrogen functional groups attached to an aromatic ring is 1. The molecule has 5 nitrogen and oxygen atoms in total. The largest absolute Gasteiger partial charge is 0.506 e. The summed E-state index contributed by atoms with van der Waals surface area (Å²) >= 11 is 5.76. The van der Waals surface area contributed by atoms with Crippen LogP contribution in [0.25, 0.3) is 0 Å². The van der Waals surface area contributed by atoms with Gasteiger partial charge in [-0.25, -0.2) is 0 Å². The van der Waals surface area contributed by atoms with Crippen molar-refractivity contribution in [2.24, 2.45) is 0 Å². The molecule has 0 saturated carbocycles. The van der Waals surface area contributed by atoms with E-state index in [0.717, 1.165) is 0 Å². The number of hydrogen-bond donors (Lipinski definition) is 3. The normalized spacial score (nSPS) is 10.1. The number of carbonyl (C=O) groups excluding carboxylic acids is 1. The van der Waals surface area contributed by atoms with Crippen molar-refractivity contribution in [1.82, 2.24) is 0 Å². The van der Waals surface area contributed by atoms with Crippen LogP contribution in [0.5, 0.6) is 11.5 Å². The van der Waals surface area contributed by atoms with Gasteiger partial charge in [-0.1, -0.05) is 11.6 Å². The number of amides is 1. The fraction of sp³-hybridized carbons (Fsp3) is 0.0714. The van der Waals surface area contributed by atoms with E-state index in [4.69, 9.17) is 22.1 Å². The van der Waals surface area contributed by atoms with Crippen molar-refractivity contribution in [3.63, 3.8) is 0 Å². The molecular weight excluding hydrogens is 280 g/mol. The Balaban J connectivity index is 2.21. The van der Waals surface area contributed by atoms with Crippen LogP contribution in [-0.4, -0.2) is 18.1 Å². The van der Waals surface area contributed by atoms with Crippen LogP contribution in [0.15, 0.2) is 36.4 Å². The highest BCUT2D eigenvalue weighted by atomic mass is 35.5. The first-order valence-corrected chi connectivity index (χ1v) is 6.12. The Labute approximate surface area is 120 Å². The number of nitrogens with one attached hydrogen (secondary N) is 1. The van der Waals surface area contributed by atoms with E-state index < -0.39 is 0 Å². The number of benzene rings is 2. The molecule has 0 saturated heterocycles. The lowest BCUT2D eigenvalue weighted by Crippen LogP contribution is -2.13. The number of anilines is 2. The van der Waals surface area contributed by atoms with Gasteiger partial charge in [0.15, 0.2) is 0 Å². The lowest BCUT2D eigenvalue weighted by Gasteiger charge is -2.10. The topological polar surface area (TPSA) is 84.6 Å². The fourth-order valence-electron chi connectivity index (χ4n) is 1.62. The molecule has 4 N–H and O–H groups in total. The Kier molecular flexibility index (Phi) is 4.00. The lowest BCUT2D eigenvalue weighted by atomic mass is 10.2. The van der Waals surface area contributed by atoms with Crippen molar-refractivity contribution in [3.05, 3.63) is 47.0 Å². The number of phenols is 1. The van der Waals surface area contributed by atoms with Crippen LogP contribution in [0.2, 0.25) is 5.02 Å². The molecule has 0 aliphatic heterocycles. The number of ether oxygens (including phenoxy) is 1. The Morgan fingerprint density at radius 3 is 2.65 bits per heavy atom. The molecule has 0 unspecified atom stereocenters. The van der Waals surface area contributed by atoms with Gasteiger partial charge < -0.3 is 20.9 Å². The van der Waals surface area contributed by atoms with E-state index in [2.05, 4.69) is 5.32 Å². The third kappa shape index (κ3) is 2.95. The van der Waals surface area contributed by atoms with E-state index in [-0.39, 0.29) is 16.7 Å². The molecule has 2 rings (SSSR count). The summed E-state index contributed by atoms with van der Waals surface area (Å²) in [5, 5.41) is 12.1. The van der Waals surface area contributed by atoms with Gasteiger partial charge in [0.25, 0.3) is 5.91 Å². The van der Waals surface area contributed by atoms with E-state index in [0.29, 0.717) is 22.7 Å². The van der Waals surface area contributed by atoms with Crippen LogP contribution in [0, 0.1) is 0 Å². The summed E-state index contributed by atoms with van der Waals surface area (Å²) in [5.41, 5.74) is 7.00. The molecule has 2 aromatic carbocycles. The van der Waals surface area contributed by atoms with Gasteiger partial charge in [0, 0.05) is 11.6 Å². The molecule has 0 radical (unpaired) electrons. The highest BCUT2D eigenvalue weighted by Crippen LogP contribution is 2.26. The van der Waals surface area contributed by atoms with Crippen LogP contribution < -0.4 is 15.8 Å². The van der Waals surface area contributed by atoms with Crippen molar-refractivity contribution in [2.45, 2.75) is 0 Å². The van der Waals surface area contributed by atoms with Crippen LogP contribution in [-0.2, 0) is 0 Å². The number of rotatable bonds is 3. The number of nitrogens with two attached hydrogens (primary N) is 1. The molecule has 0 spiro atoms. The zero-order chi connectivity index (χ0) is 14.7. The minimum absolute atomic E-state index is 0.0767. The standard InChI is InChI=1S/C14H13ClN2O3/c1-20-9-3-4-12(11(16)7-9)17-14(19)8-2-5-13(18)10(15)6-8/h2-7,18H,16H2,1H3,(H,17,19). The Morgan fingerprint density at radius 1 is 1.30 bits per heavy atom. The minimum Gasteiger partial charge on any atom is -0.506 e. The quantitative estimate of drug-likeness (QED) is 0.759. The number of hydrogen-bond acceptors (Lipinski definition) is 4. The first kappa shape index (κ1) is 14.0. The molecule has 0 heterocycles. The molecule has 0 atom stereocenters. The maximum Gasteiger partial charge on any atom is 0.255 e. The van der Waals surface area contributed by atoms with Crippen LogP contribution >= 0.6 is 11.6 Å². The first-order valence-electron chi connectivity index (χ1n) is 5.74. The smallest absolute Gasteiger partial charge is 0.255 e. The molecule has 2 aromatic rings. The number of methoxy groups -OCH3 is 1. The van der Waals surface area contributed by atoms with E-state index in [1.807, 2.05) is 0 Å². The Morgan fingerprint density at radius 2 is 2.05 bits per heavy atom. The highest BCUT2D eigenvalue weighted by Gasteiger charge is 2.10. The number of aromatic hydroxyl groups is 1. The average molecular weight is 293 g/mol. The monoisotopic (exact) mass is 292 g/mol. The van der Waals surface area contributed by atoms with Crippen molar-refractivity contribution in [2.75, 3.05) is 18.2 Å². The van der Waals surface area contributed by atoms with Crippen LogP contribution in [0.3, 0.4) is 0 Å². The first-order chi connectivity index (χ1) is 9.51. The predicted molar refractivity (Wildman–Crippen MR) is 78.5 cm³/mol. The van der Waals surface area contributed by atoms with Gasteiger partial charge in [-0.2, -0.15) is 0 Å².